The molecule has 2 N–H and O–H groups in total. The molecule has 0 amide bonds. The standard InChI is InChI=1S/C36H26N2O6/c39-33(25-13-15-29-23(19-25)11-9-21-5-1-3-7-27(21)29)43-35(41)31-32(38-18-17-37-31)36(42)44-34(40)26-14-16-30-24(20-26)12-10-22-6-2-4-8-28(22)30/h1-16,19-20,31-32,37-38H,17-18H2. The molecule has 216 valence electrons. The molecular formula is C36H26N2O6. The zero-order valence-corrected chi connectivity index (χ0v) is 23.4. The van der Waals surface area contributed by atoms with Gasteiger partial charge in [-0.05, 0) is 67.4 Å². The van der Waals surface area contributed by atoms with Crippen molar-refractivity contribution >= 4 is 67.0 Å². The minimum atomic E-state index is -1.24. The third-order valence-corrected chi connectivity index (χ3v) is 8.04. The highest BCUT2D eigenvalue weighted by Crippen LogP contribution is 2.28. The Labute approximate surface area is 251 Å². The number of piperazine rings is 1. The Bertz CT molecular complexity index is 1990. The van der Waals surface area contributed by atoms with Crippen LogP contribution in [0.3, 0.4) is 0 Å². The fourth-order valence-corrected chi connectivity index (χ4v) is 5.84. The van der Waals surface area contributed by atoms with Gasteiger partial charge in [0.2, 0.25) is 0 Å². The number of rotatable bonds is 4. The summed E-state index contributed by atoms with van der Waals surface area (Å²) in [6.45, 7) is 0.681. The molecule has 8 heteroatoms. The summed E-state index contributed by atoms with van der Waals surface area (Å²) in [6.07, 6.45) is 0. The molecule has 1 aliphatic rings. The second kappa shape index (κ2) is 11.3. The van der Waals surface area contributed by atoms with Crippen molar-refractivity contribution in [2.24, 2.45) is 0 Å². The lowest BCUT2D eigenvalue weighted by molar-refractivity contribution is -0.150. The van der Waals surface area contributed by atoms with E-state index in [1.54, 1.807) is 24.3 Å². The van der Waals surface area contributed by atoms with Crippen LogP contribution in [0.1, 0.15) is 20.7 Å². The maximum atomic E-state index is 13.1. The number of esters is 4. The van der Waals surface area contributed by atoms with E-state index >= 15 is 0 Å². The van der Waals surface area contributed by atoms with Crippen LogP contribution in [0, 0.1) is 0 Å². The van der Waals surface area contributed by atoms with Crippen LogP contribution < -0.4 is 10.6 Å². The van der Waals surface area contributed by atoms with Crippen LogP contribution in [0.25, 0.3) is 43.1 Å². The monoisotopic (exact) mass is 582 g/mol. The first-order chi connectivity index (χ1) is 21.5. The van der Waals surface area contributed by atoms with E-state index < -0.39 is 36.0 Å². The van der Waals surface area contributed by atoms with Crippen molar-refractivity contribution in [3.8, 4) is 0 Å². The topological polar surface area (TPSA) is 111 Å². The molecule has 2 atom stereocenters. The third-order valence-electron chi connectivity index (χ3n) is 8.04. The van der Waals surface area contributed by atoms with Crippen LogP contribution in [0.2, 0.25) is 0 Å². The first-order valence-corrected chi connectivity index (χ1v) is 14.3. The lowest BCUT2D eigenvalue weighted by Gasteiger charge is -2.29. The molecule has 0 aliphatic carbocycles. The molecule has 44 heavy (non-hydrogen) atoms. The molecule has 1 heterocycles. The second-order valence-corrected chi connectivity index (χ2v) is 10.7. The lowest BCUT2D eigenvalue weighted by atomic mass is 10.00. The summed E-state index contributed by atoms with van der Waals surface area (Å²) in [5, 5.41) is 13.7. The molecular weight excluding hydrogens is 556 g/mol. The summed E-state index contributed by atoms with van der Waals surface area (Å²) in [5.41, 5.74) is 0.395. The van der Waals surface area contributed by atoms with E-state index in [0.717, 1.165) is 43.1 Å². The molecule has 0 radical (unpaired) electrons. The summed E-state index contributed by atoms with van der Waals surface area (Å²) < 4.78 is 10.4. The van der Waals surface area contributed by atoms with Gasteiger partial charge in [-0.25, -0.2) is 19.2 Å². The van der Waals surface area contributed by atoms with E-state index in [2.05, 4.69) is 10.6 Å². The number of nitrogens with one attached hydrogen (secondary N) is 2. The van der Waals surface area contributed by atoms with E-state index in [0.29, 0.717) is 13.1 Å². The largest absolute Gasteiger partial charge is 0.388 e. The zero-order valence-electron chi connectivity index (χ0n) is 23.4. The van der Waals surface area contributed by atoms with Gasteiger partial charge in [0, 0.05) is 13.1 Å². The molecule has 6 aromatic carbocycles. The van der Waals surface area contributed by atoms with Crippen LogP contribution >= 0.6 is 0 Å². The molecule has 1 aliphatic heterocycles. The molecule has 0 saturated carbocycles. The molecule has 0 spiro atoms. The molecule has 1 fully saturated rings. The fourth-order valence-electron chi connectivity index (χ4n) is 5.84. The van der Waals surface area contributed by atoms with Crippen molar-refractivity contribution in [2.45, 2.75) is 12.1 Å². The quantitative estimate of drug-likeness (QED) is 0.164. The molecule has 0 aromatic heterocycles. The van der Waals surface area contributed by atoms with Crippen LogP contribution in [0.15, 0.2) is 109 Å². The predicted molar refractivity (Wildman–Crippen MR) is 167 cm³/mol. The third kappa shape index (κ3) is 5.06. The maximum absolute atomic E-state index is 13.1. The highest BCUT2D eigenvalue weighted by Gasteiger charge is 2.40. The summed E-state index contributed by atoms with van der Waals surface area (Å²) in [6, 6.07) is 31.3. The maximum Gasteiger partial charge on any atom is 0.345 e. The van der Waals surface area contributed by atoms with E-state index in [4.69, 9.17) is 9.47 Å². The number of carbonyl (C=O) groups is 4. The van der Waals surface area contributed by atoms with Gasteiger partial charge < -0.3 is 20.1 Å². The van der Waals surface area contributed by atoms with Crippen molar-refractivity contribution < 1.29 is 28.7 Å². The Morgan fingerprint density at radius 3 is 1.32 bits per heavy atom. The molecule has 6 aromatic rings. The molecule has 8 nitrogen and oxygen atoms in total. The number of fused-ring (bicyclic) bond motifs is 6. The van der Waals surface area contributed by atoms with E-state index in [-0.39, 0.29) is 11.1 Å². The molecule has 1 saturated heterocycles. The summed E-state index contributed by atoms with van der Waals surface area (Å²) >= 11 is 0. The van der Waals surface area contributed by atoms with Crippen molar-refractivity contribution in [3.63, 3.8) is 0 Å². The highest BCUT2D eigenvalue weighted by molar-refractivity contribution is 6.11. The summed E-state index contributed by atoms with van der Waals surface area (Å²) in [7, 11) is 0. The van der Waals surface area contributed by atoms with Gasteiger partial charge in [0.1, 0.15) is 12.1 Å². The second-order valence-electron chi connectivity index (χ2n) is 10.7. The number of benzene rings is 6. The Balaban J connectivity index is 1.05. The fraction of sp³-hybridized carbons (Fsp3) is 0.111. The smallest absolute Gasteiger partial charge is 0.345 e. The summed E-state index contributed by atoms with van der Waals surface area (Å²) in [5.74, 6) is -3.59. The van der Waals surface area contributed by atoms with Crippen molar-refractivity contribution in [3.05, 3.63) is 120 Å². The molecule has 0 bridgehead atoms. The van der Waals surface area contributed by atoms with Gasteiger partial charge in [-0.2, -0.15) is 0 Å². The molecule has 7 rings (SSSR count). The van der Waals surface area contributed by atoms with Crippen molar-refractivity contribution in [1.82, 2.24) is 10.6 Å². The van der Waals surface area contributed by atoms with E-state index in [1.165, 1.54) is 0 Å². The Kier molecular flexibility index (Phi) is 7.06. The lowest BCUT2D eigenvalue weighted by Crippen LogP contribution is -2.63. The van der Waals surface area contributed by atoms with Gasteiger partial charge in [-0.15, -0.1) is 0 Å². The molecule has 2 unspecified atom stereocenters. The Morgan fingerprint density at radius 2 is 0.864 bits per heavy atom. The van der Waals surface area contributed by atoms with Gasteiger partial charge in [-0.3, -0.25) is 0 Å². The Hall–Kier alpha value is -5.44. The summed E-state index contributed by atoms with van der Waals surface area (Å²) in [4.78, 5) is 52.2. The number of hydrogen-bond acceptors (Lipinski definition) is 8. The first-order valence-electron chi connectivity index (χ1n) is 14.3. The van der Waals surface area contributed by atoms with Gasteiger partial charge >= 0.3 is 23.9 Å². The zero-order chi connectivity index (χ0) is 30.2. The average molecular weight is 583 g/mol. The predicted octanol–water partition coefficient (Wildman–Crippen LogP) is 5.30. The van der Waals surface area contributed by atoms with Gasteiger partial charge in [-0.1, -0.05) is 84.9 Å². The van der Waals surface area contributed by atoms with Crippen molar-refractivity contribution in [2.75, 3.05) is 13.1 Å². The van der Waals surface area contributed by atoms with Crippen molar-refractivity contribution in [1.29, 1.82) is 0 Å². The normalized spacial score (nSPS) is 16.6. The van der Waals surface area contributed by atoms with Gasteiger partial charge in [0.05, 0.1) is 11.1 Å². The van der Waals surface area contributed by atoms with E-state index in [9.17, 15) is 19.2 Å². The van der Waals surface area contributed by atoms with Gasteiger partial charge in [0.25, 0.3) is 0 Å². The number of ether oxygens (including phenoxy) is 2. The van der Waals surface area contributed by atoms with Crippen LogP contribution in [-0.4, -0.2) is 49.1 Å². The van der Waals surface area contributed by atoms with Crippen LogP contribution in [0.5, 0.6) is 0 Å². The van der Waals surface area contributed by atoms with Gasteiger partial charge in [0.15, 0.2) is 0 Å². The number of carbonyl (C=O) groups excluding carboxylic acids is 4. The minimum Gasteiger partial charge on any atom is -0.388 e. The average Bonchev–Trinajstić information content (AvgIpc) is 3.07. The highest BCUT2D eigenvalue weighted by atomic mass is 16.6. The SMILES string of the molecule is O=C(OC(=O)C1NCCNC1C(=O)OC(=O)c1ccc2c(ccc3ccccc32)c1)c1ccc2c(ccc3ccccc32)c1. The minimum absolute atomic E-state index is 0.197. The number of hydrogen-bond donors (Lipinski definition) is 2. The Morgan fingerprint density at radius 1 is 0.477 bits per heavy atom. The van der Waals surface area contributed by atoms with E-state index in [1.807, 2.05) is 84.9 Å². The van der Waals surface area contributed by atoms with Crippen LogP contribution in [-0.2, 0) is 19.1 Å². The van der Waals surface area contributed by atoms with Crippen LogP contribution in [0.4, 0.5) is 0 Å². The first kappa shape index (κ1) is 27.4.